The first-order valence-corrected chi connectivity index (χ1v) is 7.48. The summed E-state index contributed by atoms with van der Waals surface area (Å²) in [4.78, 5) is 11.8. The van der Waals surface area contributed by atoms with E-state index in [2.05, 4.69) is 5.16 Å². The van der Waals surface area contributed by atoms with E-state index < -0.39 is 5.97 Å². The molecular formula is C17H18ClNO3. The van der Waals surface area contributed by atoms with Crippen molar-refractivity contribution in [2.45, 2.75) is 32.8 Å². The fraction of sp³-hybridized carbons (Fsp3) is 0.294. The van der Waals surface area contributed by atoms with Crippen LogP contribution in [0.3, 0.4) is 0 Å². The summed E-state index contributed by atoms with van der Waals surface area (Å²) in [7, 11) is 0. The molecule has 0 unspecified atom stereocenters. The van der Waals surface area contributed by atoms with Crippen LogP contribution in [-0.4, -0.2) is 23.0 Å². The molecule has 0 bridgehead atoms. The zero-order valence-corrected chi connectivity index (χ0v) is 13.3. The van der Waals surface area contributed by atoms with Crippen molar-refractivity contribution in [3.05, 3.63) is 47.0 Å². The number of rotatable bonds is 5. The van der Waals surface area contributed by atoms with Crippen LogP contribution >= 0.6 is 11.6 Å². The minimum absolute atomic E-state index is 0.00192. The number of carbonyl (C=O) groups is 1. The lowest BCUT2D eigenvalue weighted by molar-refractivity contribution is -0.139. The van der Waals surface area contributed by atoms with E-state index >= 15 is 0 Å². The number of nitrogens with zero attached hydrogens (tertiary/aromatic N) is 1. The molecule has 0 fully saturated rings. The van der Waals surface area contributed by atoms with E-state index in [4.69, 9.17) is 21.5 Å². The highest BCUT2D eigenvalue weighted by Gasteiger charge is 2.16. The van der Waals surface area contributed by atoms with Crippen molar-refractivity contribution in [3.63, 3.8) is 0 Å². The largest absolute Gasteiger partial charge is 0.458 e. The van der Waals surface area contributed by atoms with Gasteiger partial charge >= 0.3 is 5.97 Å². The summed E-state index contributed by atoms with van der Waals surface area (Å²) < 4.78 is 5.03. The molecule has 5 heteroatoms. The highest BCUT2D eigenvalue weighted by atomic mass is 35.5. The van der Waals surface area contributed by atoms with E-state index in [1.807, 2.05) is 36.4 Å². The highest BCUT2D eigenvalue weighted by Crippen LogP contribution is 2.28. The van der Waals surface area contributed by atoms with Gasteiger partial charge in [0, 0.05) is 11.8 Å². The molecule has 0 aliphatic rings. The summed E-state index contributed by atoms with van der Waals surface area (Å²) in [5.74, 6) is -0.602. The number of oxime groups is 1. The standard InChI is InChI=1S/C17H18ClNO3/c1-11(2)22-17(20)15(19-21)10-9-13-8-7-12-5-3-4-6-14(12)16(13)18/h3-8,11,21H,9-10H2,1-2H3/b19-15+. The topological polar surface area (TPSA) is 58.9 Å². The molecule has 1 N–H and O–H groups in total. The van der Waals surface area contributed by atoms with Gasteiger partial charge in [-0.25, -0.2) is 4.79 Å². The molecule has 22 heavy (non-hydrogen) atoms. The average Bonchev–Trinajstić information content (AvgIpc) is 2.49. The molecular weight excluding hydrogens is 302 g/mol. The van der Waals surface area contributed by atoms with Crippen molar-refractivity contribution < 1.29 is 14.7 Å². The molecule has 0 aromatic heterocycles. The van der Waals surface area contributed by atoms with Gasteiger partial charge in [0.15, 0.2) is 5.71 Å². The molecule has 0 atom stereocenters. The molecule has 0 saturated carbocycles. The maximum absolute atomic E-state index is 11.8. The Morgan fingerprint density at radius 3 is 2.68 bits per heavy atom. The van der Waals surface area contributed by atoms with Gasteiger partial charge in [-0.2, -0.15) is 0 Å². The first-order chi connectivity index (χ1) is 10.5. The van der Waals surface area contributed by atoms with Crippen molar-refractivity contribution in [2.24, 2.45) is 5.16 Å². The van der Waals surface area contributed by atoms with Crippen LogP contribution in [0.15, 0.2) is 41.6 Å². The van der Waals surface area contributed by atoms with Crippen molar-refractivity contribution in [1.29, 1.82) is 0 Å². The molecule has 0 saturated heterocycles. The quantitative estimate of drug-likeness (QED) is 0.389. The van der Waals surface area contributed by atoms with Crippen LogP contribution in [-0.2, 0) is 16.0 Å². The van der Waals surface area contributed by atoms with Crippen molar-refractivity contribution in [1.82, 2.24) is 0 Å². The van der Waals surface area contributed by atoms with E-state index in [9.17, 15) is 4.79 Å². The monoisotopic (exact) mass is 319 g/mol. The second kappa shape index (κ2) is 7.27. The summed E-state index contributed by atoms with van der Waals surface area (Å²) >= 11 is 6.41. The number of esters is 1. The van der Waals surface area contributed by atoms with Crippen LogP contribution in [0.25, 0.3) is 10.8 Å². The maximum atomic E-state index is 11.8. The molecule has 0 radical (unpaired) electrons. The Bertz CT molecular complexity index is 710. The number of hydrogen-bond donors (Lipinski definition) is 1. The molecule has 0 aliphatic carbocycles. The number of fused-ring (bicyclic) bond motifs is 1. The van der Waals surface area contributed by atoms with Gasteiger partial charge < -0.3 is 9.94 Å². The Morgan fingerprint density at radius 2 is 2.00 bits per heavy atom. The predicted molar refractivity (Wildman–Crippen MR) is 87.7 cm³/mol. The normalized spacial score (nSPS) is 11.9. The zero-order chi connectivity index (χ0) is 16.1. The molecule has 0 spiro atoms. The fourth-order valence-corrected chi connectivity index (χ4v) is 2.53. The minimum atomic E-state index is -0.602. The highest BCUT2D eigenvalue weighted by molar-refractivity contribution is 6.37. The number of benzene rings is 2. The molecule has 0 amide bonds. The molecule has 2 aromatic rings. The molecule has 116 valence electrons. The lowest BCUT2D eigenvalue weighted by Gasteiger charge is -2.10. The van der Waals surface area contributed by atoms with Gasteiger partial charge in [0.25, 0.3) is 0 Å². The summed E-state index contributed by atoms with van der Waals surface area (Å²) in [6.45, 7) is 3.49. The maximum Gasteiger partial charge on any atom is 0.356 e. The van der Waals surface area contributed by atoms with Gasteiger partial charge in [0.2, 0.25) is 0 Å². The summed E-state index contributed by atoms with van der Waals surface area (Å²) in [5, 5.41) is 14.7. The second-order valence-electron chi connectivity index (χ2n) is 5.26. The summed E-state index contributed by atoms with van der Waals surface area (Å²) in [6, 6.07) is 11.7. The van der Waals surface area contributed by atoms with E-state index in [-0.39, 0.29) is 18.2 Å². The Kier molecular flexibility index (Phi) is 5.39. The van der Waals surface area contributed by atoms with Crippen LogP contribution in [0.2, 0.25) is 5.02 Å². The molecule has 0 heterocycles. The van der Waals surface area contributed by atoms with E-state index in [0.29, 0.717) is 11.4 Å². The molecule has 2 rings (SSSR count). The van der Waals surface area contributed by atoms with Gasteiger partial charge in [0.05, 0.1) is 11.1 Å². The molecule has 4 nitrogen and oxygen atoms in total. The van der Waals surface area contributed by atoms with E-state index in [0.717, 1.165) is 16.3 Å². The van der Waals surface area contributed by atoms with Crippen LogP contribution in [0.5, 0.6) is 0 Å². The third-order valence-corrected chi connectivity index (χ3v) is 3.72. The van der Waals surface area contributed by atoms with Crippen molar-refractivity contribution >= 4 is 34.1 Å². The Labute approximate surface area is 134 Å². The van der Waals surface area contributed by atoms with Gasteiger partial charge in [-0.05, 0) is 31.2 Å². The number of aryl methyl sites for hydroxylation is 1. The zero-order valence-electron chi connectivity index (χ0n) is 12.5. The van der Waals surface area contributed by atoms with Gasteiger partial charge in [-0.1, -0.05) is 53.2 Å². The minimum Gasteiger partial charge on any atom is -0.458 e. The molecule has 2 aromatic carbocycles. The summed E-state index contributed by atoms with van der Waals surface area (Å²) in [5.41, 5.74) is 0.900. The average molecular weight is 320 g/mol. The van der Waals surface area contributed by atoms with Crippen LogP contribution < -0.4 is 0 Å². The van der Waals surface area contributed by atoms with Gasteiger partial charge in [-0.3, -0.25) is 0 Å². The first-order valence-electron chi connectivity index (χ1n) is 7.11. The van der Waals surface area contributed by atoms with E-state index in [1.54, 1.807) is 13.8 Å². The van der Waals surface area contributed by atoms with Crippen LogP contribution in [0.4, 0.5) is 0 Å². The SMILES string of the molecule is CC(C)OC(=O)/C(CCc1ccc2ccccc2c1Cl)=N/O. The Hall–Kier alpha value is -2.07. The summed E-state index contributed by atoms with van der Waals surface area (Å²) in [6.07, 6.45) is 0.504. The number of halogens is 1. The number of ether oxygens (including phenoxy) is 1. The third kappa shape index (κ3) is 3.77. The Morgan fingerprint density at radius 1 is 1.27 bits per heavy atom. The number of hydrogen-bond acceptors (Lipinski definition) is 4. The second-order valence-corrected chi connectivity index (χ2v) is 5.64. The first kappa shape index (κ1) is 16.3. The Balaban J connectivity index is 2.14. The smallest absolute Gasteiger partial charge is 0.356 e. The lowest BCUT2D eigenvalue weighted by Crippen LogP contribution is -2.21. The van der Waals surface area contributed by atoms with Crippen LogP contribution in [0, 0.1) is 0 Å². The van der Waals surface area contributed by atoms with Gasteiger partial charge in [-0.15, -0.1) is 0 Å². The fourth-order valence-electron chi connectivity index (χ4n) is 2.20. The number of carbonyl (C=O) groups excluding carboxylic acids is 1. The van der Waals surface area contributed by atoms with Crippen molar-refractivity contribution in [2.75, 3.05) is 0 Å². The van der Waals surface area contributed by atoms with Gasteiger partial charge in [0.1, 0.15) is 0 Å². The van der Waals surface area contributed by atoms with Crippen molar-refractivity contribution in [3.8, 4) is 0 Å². The third-order valence-electron chi connectivity index (χ3n) is 3.27. The van der Waals surface area contributed by atoms with E-state index in [1.165, 1.54) is 0 Å². The van der Waals surface area contributed by atoms with Crippen LogP contribution in [0.1, 0.15) is 25.8 Å². The lowest BCUT2D eigenvalue weighted by atomic mass is 10.0. The predicted octanol–water partition coefficient (Wildman–Crippen LogP) is 4.21. The molecule has 0 aliphatic heterocycles.